The normalized spacial score (nSPS) is 16.1. The summed E-state index contributed by atoms with van der Waals surface area (Å²) in [7, 11) is 0. The smallest absolute Gasteiger partial charge is 0.273 e. The molecule has 0 saturated carbocycles. The van der Waals surface area contributed by atoms with Crippen LogP contribution in [0.1, 0.15) is 12.8 Å². The van der Waals surface area contributed by atoms with Crippen molar-refractivity contribution in [3.05, 3.63) is 69.0 Å². The molecule has 0 amide bonds. The first-order chi connectivity index (χ1) is 14.6. The van der Waals surface area contributed by atoms with Gasteiger partial charge in [0.05, 0.1) is 41.1 Å². The molecule has 0 aliphatic carbocycles. The number of hydrogen-bond donors (Lipinski definition) is 0. The third kappa shape index (κ3) is 4.63. The SMILES string of the molecule is O=c1c2ccccc2nc(SCCOc2cccc([N+](=O)[O-])c2)n1CC1CCCO1. The second-order valence-electron chi connectivity index (χ2n) is 6.91. The lowest BCUT2D eigenvalue weighted by molar-refractivity contribution is -0.384. The molecule has 2 heterocycles. The zero-order valence-corrected chi connectivity index (χ0v) is 17.0. The Labute approximate surface area is 177 Å². The van der Waals surface area contributed by atoms with E-state index in [1.165, 1.54) is 23.9 Å². The first-order valence-corrected chi connectivity index (χ1v) is 10.7. The van der Waals surface area contributed by atoms with Crippen LogP contribution in [0.5, 0.6) is 5.75 Å². The summed E-state index contributed by atoms with van der Waals surface area (Å²) in [6, 6.07) is 13.4. The number of hydrogen-bond acceptors (Lipinski definition) is 7. The van der Waals surface area contributed by atoms with Gasteiger partial charge in [0.15, 0.2) is 5.16 Å². The van der Waals surface area contributed by atoms with Crippen LogP contribution in [0.3, 0.4) is 0 Å². The van der Waals surface area contributed by atoms with Crippen molar-refractivity contribution in [3.63, 3.8) is 0 Å². The maximum Gasteiger partial charge on any atom is 0.273 e. The van der Waals surface area contributed by atoms with Crippen LogP contribution in [-0.4, -0.2) is 39.5 Å². The Morgan fingerprint density at radius 2 is 2.13 bits per heavy atom. The molecule has 1 aliphatic heterocycles. The van der Waals surface area contributed by atoms with Gasteiger partial charge in [-0.2, -0.15) is 0 Å². The van der Waals surface area contributed by atoms with Crippen molar-refractivity contribution in [3.8, 4) is 5.75 Å². The van der Waals surface area contributed by atoms with Crippen molar-refractivity contribution in [2.75, 3.05) is 19.0 Å². The molecule has 156 valence electrons. The Morgan fingerprint density at radius 1 is 1.27 bits per heavy atom. The van der Waals surface area contributed by atoms with Crippen molar-refractivity contribution >= 4 is 28.4 Å². The lowest BCUT2D eigenvalue weighted by Crippen LogP contribution is -2.29. The van der Waals surface area contributed by atoms with Crippen molar-refractivity contribution in [1.29, 1.82) is 0 Å². The predicted molar refractivity (Wildman–Crippen MR) is 114 cm³/mol. The van der Waals surface area contributed by atoms with E-state index in [2.05, 4.69) is 4.98 Å². The Morgan fingerprint density at radius 3 is 2.93 bits per heavy atom. The highest BCUT2D eigenvalue weighted by molar-refractivity contribution is 7.99. The van der Waals surface area contributed by atoms with Gasteiger partial charge >= 0.3 is 0 Å². The van der Waals surface area contributed by atoms with Crippen LogP contribution in [-0.2, 0) is 11.3 Å². The monoisotopic (exact) mass is 427 g/mol. The lowest BCUT2D eigenvalue weighted by Gasteiger charge is -2.16. The summed E-state index contributed by atoms with van der Waals surface area (Å²) in [4.78, 5) is 28.2. The number of thioether (sulfide) groups is 1. The Balaban J connectivity index is 1.49. The minimum atomic E-state index is -0.454. The first-order valence-electron chi connectivity index (χ1n) is 9.73. The van der Waals surface area contributed by atoms with E-state index >= 15 is 0 Å². The molecule has 1 saturated heterocycles. The number of benzene rings is 2. The molecule has 0 N–H and O–H groups in total. The van der Waals surface area contributed by atoms with Crippen molar-refractivity contribution < 1.29 is 14.4 Å². The van der Waals surface area contributed by atoms with E-state index in [1.807, 2.05) is 18.2 Å². The summed E-state index contributed by atoms with van der Waals surface area (Å²) in [5, 5.41) is 12.1. The molecule has 0 bridgehead atoms. The molecule has 30 heavy (non-hydrogen) atoms. The number of nitro benzene ring substituents is 1. The second-order valence-corrected chi connectivity index (χ2v) is 7.98. The molecule has 0 radical (unpaired) electrons. The fourth-order valence-electron chi connectivity index (χ4n) is 3.39. The summed E-state index contributed by atoms with van der Waals surface area (Å²) in [6.07, 6.45) is 1.95. The third-order valence-corrected chi connectivity index (χ3v) is 5.79. The maximum absolute atomic E-state index is 13.1. The average molecular weight is 427 g/mol. The molecule has 1 unspecified atom stereocenters. The van der Waals surface area contributed by atoms with Crippen LogP contribution < -0.4 is 10.3 Å². The van der Waals surface area contributed by atoms with Gasteiger partial charge in [0.25, 0.3) is 11.2 Å². The highest BCUT2D eigenvalue weighted by atomic mass is 32.2. The quantitative estimate of drug-likeness (QED) is 0.178. The van der Waals surface area contributed by atoms with Gasteiger partial charge in [0, 0.05) is 18.4 Å². The van der Waals surface area contributed by atoms with Gasteiger partial charge in [-0.3, -0.25) is 19.5 Å². The van der Waals surface area contributed by atoms with Crippen molar-refractivity contribution in [1.82, 2.24) is 9.55 Å². The number of rotatable bonds is 8. The van der Waals surface area contributed by atoms with Crippen LogP contribution >= 0.6 is 11.8 Å². The first kappa shape index (κ1) is 20.4. The minimum Gasteiger partial charge on any atom is -0.492 e. The fourth-order valence-corrected chi connectivity index (χ4v) is 4.22. The second kappa shape index (κ2) is 9.27. The largest absolute Gasteiger partial charge is 0.492 e. The number of non-ortho nitro benzene ring substituents is 1. The van der Waals surface area contributed by atoms with Crippen molar-refractivity contribution in [2.45, 2.75) is 30.6 Å². The standard InChI is InChI=1S/C21H21N3O5S/c25-20-18-8-1-2-9-19(18)22-21(23(20)14-17-7-4-10-28-17)30-12-11-29-16-6-3-5-15(13-16)24(26)27/h1-3,5-6,8-9,13,17H,4,7,10-12,14H2. The molecular weight excluding hydrogens is 406 g/mol. The average Bonchev–Trinajstić information content (AvgIpc) is 3.27. The van der Waals surface area contributed by atoms with E-state index in [0.717, 1.165) is 19.4 Å². The molecule has 9 heteroatoms. The summed E-state index contributed by atoms with van der Waals surface area (Å²) >= 11 is 1.43. The molecule has 1 atom stereocenters. The van der Waals surface area contributed by atoms with Crippen LogP contribution in [0.2, 0.25) is 0 Å². The molecule has 8 nitrogen and oxygen atoms in total. The van der Waals surface area contributed by atoms with Gasteiger partial charge in [-0.1, -0.05) is 30.0 Å². The molecular formula is C21H21N3O5S. The third-order valence-electron chi connectivity index (χ3n) is 4.85. The Hall–Kier alpha value is -2.91. The zero-order valence-electron chi connectivity index (χ0n) is 16.2. The van der Waals surface area contributed by atoms with Gasteiger partial charge in [0.2, 0.25) is 0 Å². The number of nitro groups is 1. The van der Waals surface area contributed by atoms with E-state index in [4.69, 9.17) is 9.47 Å². The van der Waals surface area contributed by atoms with E-state index in [-0.39, 0.29) is 17.4 Å². The van der Waals surface area contributed by atoms with Crippen LogP contribution in [0.15, 0.2) is 58.5 Å². The van der Waals surface area contributed by atoms with Gasteiger partial charge in [-0.05, 0) is 31.0 Å². The molecule has 0 spiro atoms. The van der Waals surface area contributed by atoms with E-state index < -0.39 is 4.92 Å². The fraction of sp³-hybridized carbons (Fsp3) is 0.333. The number of para-hydroxylation sites is 1. The summed E-state index contributed by atoms with van der Waals surface area (Å²) in [5.41, 5.74) is 0.577. The highest BCUT2D eigenvalue weighted by Gasteiger charge is 2.20. The van der Waals surface area contributed by atoms with Crippen LogP contribution in [0, 0.1) is 10.1 Å². The Bertz CT molecular complexity index is 1110. The molecule has 1 fully saturated rings. The number of aromatic nitrogens is 2. The number of nitrogens with zero attached hydrogens (tertiary/aromatic N) is 3. The topological polar surface area (TPSA) is 96.5 Å². The summed E-state index contributed by atoms with van der Waals surface area (Å²) in [6.45, 7) is 1.53. The Kier molecular flexibility index (Phi) is 6.29. The highest BCUT2D eigenvalue weighted by Crippen LogP contribution is 2.22. The molecule has 1 aromatic heterocycles. The summed E-state index contributed by atoms with van der Waals surface area (Å²) in [5.74, 6) is 0.979. The minimum absolute atomic E-state index is 0.0123. The van der Waals surface area contributed by atoms with E-state index in [0.29, 0.717) is 40.7 Å². The maximum atomic E-state index is 13.1. The van der Waals surface area contributed by atoms with Crippen LogP contribution in [0.25, 0.3) is 10.9 Å². The lowest BCUT2D eigenvalue weighted by atomic mass is 10.2. The van der Waals surface area contributed by atoms with Crippen LogP contribution in [0.4, 0.5) is 5.69 Å². The number of fused-ring (bicyclic) bond motifs is 1. The number of ether oxygens (including phenoxy) is 2. The van der Waals surface area contributed by atoms with E-state index in [1.54, 1.807) is 22.8 Å². The van der Waals surface area contributed by atoms with Gasteiger partial charge in [-0.15, -0.1) is 0 Å². The van der Waals surface area contributed by atoms with Gasteiger partial charge < -0.3 is 9.47 Å². The van der Waals surface area contributed by atoms with Crippen molar-refractivity contribution in [2.24, 2.45) is 0 Å². The van der Waals surface area contributed by atoms with E-state index in [9.17, 15) is 14.9 Å². The van der Waals surface area contributed by atoms with Gasteiger partial charge in [0.1, 0.15) is 5.75 Å². The molecule has 3 aromatic rings. The van der Waals surface area contributed by atoms with Gasteiger partial charge in [-0.25, -0.2) is 4.98 Å². The summed E-state index contributed by atoms with van der Waals surface area (Å²) < 4.78 is 13.1. The molecule has 2 aromatic carbocycles. The predicted octanol–water partition coefficient (Wildman–Crippen LogP) is 3.65. The zero-order chi connectivity index (χ0) is 20.9. The molecule has 4 rings (SSSR count). The molecule has 1 aliphatic rings.